The molecule has 1 fully saturated rings. The van der Waals surface area contributed by atoms with Crippen LogP contribution in [-0.2, 0) is 16.1 Å². The minimum Gasteiger partial charge on any atom is -0.507 e. The minimum atomic E-state index is -0.858. The van der Waals surface area contributed by atoms with Crippen molar-refractivity contribution in [3.63, 3.8) is 0 Å². The maximum Gasteiger partial charge on any atom is 0.296 e. The molecule has 3 heterocycles. The van der Waals surface area contributed by atoms with E-state index in [1.165, 1.54) is 23.6 Å². The molecular formula is C21H14Cl2N2O4. The van der Waals surface area contributed by atoms with Gasteiger partial charge < -0.3 is 14.4 Å². The summed E-state index contributed by atoms with van der Waals surface area (Å²) in [5.74, 6) is -1.32. The lowest BCUT2D eigenvalue weighted by molar-refractivity contribution is -0.140. The third kappa shape index (κ3) is 3.52. The number of aromatic nitrogens is 1. The van der Waals surface area contributed by atoms with Crippen LogP contribution in [0.3, 0.4) is 0 Å². The van der Waals surface area contributed by atoms with Crippen LogP contribution in [0.2, 0.25) is 10.0 Å². The highest BCUT2D eigenvalue weighted by molar-refractivity contribution is 6.46. The first-order valence-corrected chi connectivity index (χ1v) is 9.39. The number of amides is 1. The van der Waals surface area contributed by atoms with E-state index in [1.807, 2.05) is 0 Å². The van der Waals surface area contributed by atoms with E-state index in [-0.39, 0.29) is 22.9 Å². The van der Waals surface area contributed by atoms with Gasteiger partial charge in [-0.3, -0.25) is 14.6 Å². The highest BCUT2D eigenvalue weighted by Crippen LogP contribution is 2.41. The van der Waals surface area contributed by atoms with Gasteiger partial charge in [0.25, 0.3) is 11.7 Å². The number of aliphatic hydroxyl groups is 1. The number of rotatable bonds is 4. The molecule has 1 aromatic carbocycles. The number of carbonyl (C=O) groups excluding carboxylic acids is 2. The minimum absolute atomic E-state index is 0.0360. The summed E-state index contributed by atoms with van der Waals surface area (Å²) in [6.45, 7) is 0.0512. The molecule has 8 heteroatoms. The Labute approximate surface area is 176 Å². The van der Waals surface area contributed by atoms with Crippen molar-refractivity contribution < 1.29 is 19.1 Å². The number of hydrogen-bond acceptors (Lipinski definition) is 5. The quantitative estimate of drug-likeness (QED) is 0.372. The van der Waals surface area contributed by atoms with Crippen LogP contribution in [0.4, 0.5) is 0 Å². The number of carbonyl (C=O) groups is 2. The van der Waals surface area contributed by atoms with Gasteiger partial charge in [-0.15, -0.1) is 0 Å². The zero-order valence-electron chi connectivity index (χ0n) is 14.9. The summed E-state index contributed by atoms with van der Waals surface area (Å²) in [4.78, 5) is 31.0. The number of likely N-dealkylation sites (tertiary alicyclic amines) is 1. The summed E-state index contributed by atoms with van der Waals surface area (Å²) in [5, 5.41) is 11.5. The van der Waals surface area contributed by atoms with Crippen molar-refractivity contribution in [2.45, 2.75) is 12.6 Å². The lowest BCUT2D eigenvalue weighted by atomic mass is 9.95. The van der Waals surface area contributed by atoms with Crippen LogP contribution < -0.4 is 0 Å². The third-order valence-corrected chi connectivity index (χ3v) is 5.40. The van der Waals surface area contributed by atoms with Gasteiger partial charge >= 0.3 is 0 Å². The fourth-order valence-electron chi connectivity index (χ4n) is 3.31. The number of ketones is 1. The number of pyridine rings is 1. The number of halogens is 2. The molecule has 6 nitrogen and oxygen atoms in total. The lowest BCUT2D eigenvalue weighted by Gasteiger charge is -2.24. The topological polar surface area (TPSA) is 83.6 Å². The van der Waals surface area contributed by atoms with Gasteiger partial charge in [0.1, 0.15) is 11.5 Å². The Kier molecular flexibility index (Phi) is 5.13. The molecule has 1 saturated heterocycles. The monoisotopic (exact) mass is 428 g/mol. The molecule has 1 aliphatic rings. The fraction of sp³-hybridized carbons (Fsp3) is 0.0952. The molecule has 0 aliphatic carbocycles. The second-order valence-electron chi connectivity index (χ2n) is 6.42. The maximum absolute atomic E-state index is 12.9. The molecule has 1 unspecified atom stereocenters. The average molecular weight is 429 g/mol. The Morgan fingerprint density at radius 1 is 1.10 bits per heavy atom. The number of Topliss-reactive ketones (excluding diaryl/α,β-unsaturated/α-hetero) is 1. The van der Waals surface area contributed by atoms with Gasteiger partial charge in [-0.1, -0.05) is 29.3 Å². The molecule has 1 atom stereocenters. The van der Waals surface area contributed by atoms with Crippen molar-refractivity contribution in [1.29, 1.82) is 0 Å². The Morgan fingerprint density at radius 3 is 2.52 bits per heavy atom. The van der Waals surface area contributed by atoms with Crippen molar-refractivity contribution in [3.05, 3.63) is 93.6 Å². The summed E-state index contributed by atoms with van der Waals surface area (Å²) >= 11 is 12.2. The van der Waals surface area contributed by atoms with Crippen molar-refractivity contribution in [1.82, 2.24) is 9.88 Å². The molecule has 0 bridgehead atoms. The van der Waals surface area contributed by atoms with E-state index >= 15 is 0 Å². The van der Waals surface area contributed by atoms with Crippen molar-refractivity contribution in [2.75, 3.05) is 0 Å². The first-order chi connectivity index (χ1) is 14.0. The predicted octanol–water partition coefficient (Wildman–Crippen LogP) is 4.60. The molecule has 1 N–H and O–H groups in total. The molecule has 146 valence electrons. The standard InChI is InChI=1S/C21H14Cl2N2O4/c22-15-4-3-13(10-16(15)23)18-17(19(26)12-5-7-24-8-6-12)20(27)21(28)25(18)11-14-2-1-9-29-14/h1-10,18,26H,11H2/b19-17+. The van der Waals surface area contributed by atoms with Gasteiger partial charge in [0.2, 0.25) is 0 Å². The van der Waals surface area contributed by atoms with Gasteiger partial charge in [0, 0.05) is 18.0 Å². The van der Waals surface area contributed by atoms with Gasteiger partial charge in [-0.25, -0.2) is 0 Å². The molecule has 29 heavy (non-hydrogen) atoms. The van der Waals surface area contributed by atoms with Crippen LogP contribution >= 0.6 is 23.2 Å². The fourth-order valence-corrected chi connectivity index (χ4v) is 3.61. The van der Waals surface area contributed by atoms with Crippen LogP contribution in [-0.4, -0.2) is 26.7 Å². The van der Waals surface area contributed by atoms with E-state index in [9.17, 15) is 14.7 Å². The highest BCUT2D eigenvalue weighted by Gasteiger charge is 2.46. The molecule has 3 aromatic rings. The van der Waals surface area contributed by atoms with Crippen molar-refractivity contribution >= 4 is 40.7 Å². The largest absolute Gasteiger partial charge is 0.507 e. The van der Waals surface area contributed by atoms with Crippen molar-refractivity contribution in [2.24, 2.45) is 0 Å². The third-order valence-electron chi connectivity index (χ3n) is 4.66. The maximum atomic E-state index is 12.9. The van der Waals surface area contributed by atoms with E-state index in [1.54, 1.807) is 42.5 Å². The Balaban J connectivity index is 1.89. The van der Waals surface area contributed by atoms with E-state index in [0.717, 1.165) is 0 Å². The van der Waals surface area contributed by atoms with E-state index in [2.05, 4.69) is 4.98 Å². The Hall–Kier alpha value is -3.09. The van der Waals surface area contributed by atoms with E-state index < -0.39 is 17.7 Å². The van der Waals surface area contributed by atoms with Gasteiger partial charge in [0.05, 0.1) is 34.5 Å². The summed E-state index contributed by atoms with van der Waals surface area (Å²) < 4.78 is 5.35. The molecule has 4 rings (SSSR count). The SMILES string of the molecule is O=C1C(=O)N(Cc2ccco2)C(c2ccc(Cl)c(Cl)c2)/C1=C(\O)c1ccncc1. The number of hydrogen-bond donors (Lipinski definition) is 1. The summed E-state index contributed by atoms with van der Waals surface area (Å²) in [5.41, 5.74) is 0.882. The van der Waals surface area contributed by atoms with E-state index in [0.29, 0.717) is 21.9 Å². The molecule has 0 spiro atoms. The zero-order valence-corrected chi connectivity index (χ0v) is 16.4. The number of aliphatic hydroxyl groups excluding tert-OH is 1. The molecule has 1 amide bonds. The van der Waals surface area contributed by atoms with Crippen LogP contribution in [0.15, 0.2) is 71.1 Å². The summed E-state index contributed by atoms with van der Waals surface area (Å²) in [6, 6.07) is 10.5. The Bertz CT molecular complexity index is 1110. The highest BCUT2D eigenvalue weighted by atomic mass is 35.5. The first kappa shape index (κ1) is 19.2. The zero-order chi connectivity index (χ0) is 20.5. The molecule has 0 saturated carbocycles. The van der Waals surface area contributed by atoms with Crippen LogP contribution in [0, 0.1) is 0 Å². The van der Waals surface area contributed by atoms with Gasteiger partial charge in [0.15, 0.2) is 0 Å². The van der Waals surface area contributed by atoms with Gasteiger partial charge in [-0.2, -0.15) is 0 Å². The second kappa shape index (κ2) is 7.73. The predicted molar refractivity (Wildman–Crippen MR) is 107 cm³/mol. The molecular weight excluding hydrogens is 415 g/mol. The molecule has 1 aliphatic heterocycles. The van der Waals surface area contributed by atoms with Crippen LogP contribution in [0.1, 0.15) is 22.9 Å². The molecule has 0 radical (unpaired) electrons. The number of benzene rings is 1. The summed E-state index contributed by atoms with van der Waals surface area (Å²) in [6.07, 6.45) is 4.46. The smallest absolute Gasteiger partial charge is 0.296 e. The van der Waals surface area contributed by atoms with E-state index in [4.69, 9.17) is 27.6 Å². The lowest BCUT2D eigenvalue weighted by Crippen LogP contribution is -2.29. The van der Waals surface area contributed by atoms with Crippen LogP contribution in [0.5, 0.6) is 0 Å². The average Bonchev–Trinajstić information content (AvgIpc) is 3.33. The summed E-state index contributed by atoms with van der Waals surface area (Å²) in [7, 11) is 0. The molecule has 2 aromatic heterocycles. The normalized spacial score (nSPS) is 18.4. The number of nitrogens with zero attached hydrogens (tertiary/aromatic N) is 2. The number of furan rings is 1. The first-order valence-electron chi connectivity index (χ1n) is 8.63. The second-order valence-corrected chi connectivity index (χ2v) is 7.23. The van der Waals surface area contributed by atoms with Crippen molar-refractivity contribution in [3.8, 4) is 0 Å². The van der Waals surface area contributed by atoms with Gasteiger partial charge in [-0.05, 0) is 42.0 Å². The van der Waals surface area contributed by atoms with Crippen LogP contribution in [0.25, 0.3) is 5.76 Å². The Morgan fingerprint density at radius 2 is 1.86 bits per heavy atom.